The first-order valence-electron chi connectivity index (χ1n) is 3.56. The number of nitrogens with zero attached hydrogens (tertiary/aromatic N) is 1. The first-order valence-corrected chi connectivity index (χ1v) is 3.56. The van der Waals surface area contributed by atoms with Crippen molar-refractivity contribution in [2.45, 2.75) is 19.3 Å². The molecule has 2 N–H and O–H groups in total. The second-order valence-electron chi connectivity index (χ2n) is 2.44. The molecule has 0 aliphatic carbocycles. The van der Waals surface area contributed by atoms with Crippen LogP contribution in [-0.2, 0) is 0 Å². The minimum Gasteiger partial charge on any atom is -0.403 e. The van der Waals surface area contributed by atoms with Crippen LogP contribution in [0.25, 0.3) is 0 Å². The molecule has 0 saturated carbocycles. The normalized spacial score (nSPS) is 21.1. The highest BCUT2D eigenvalue weighted by atomic mass is 15.1. The van der Waals surface area contributed by atoms with Gasteiger partial charge in [-0.2, -0.15) is 0 Å². The summed E-state index contributed by atoms with van der Waals surface area (Å²) in [6.45, 7) is 2.38. The summed E-state index contributed by atoms with van der Waals surface area (Å²) in [5.41, 5.74) is 5.24. The average molecular weight is 126 g/mol. The monoisotopic (exact) mass is 126 g/mol. The Morgan fingerprint density at radius 2 is 1.78 bits per heavy atom. The summed E-state index contributed by atoms with van der Waals surface area (Å²) in [6.07, 6.45) is 7.62. The standard InChI is InChI=1S/C7H14N2/c8-4-7-9-5-2-1-3-6-9/h4,7H,1-3,5-6,8H2. The summed E-state index contributed by atoms with van der Waals surface area (Å²) >= 11 is 0. The zero-order valence-corrected chi connectivity index (χ0v) is 5.71. The molecule has 0 aromatic carbocycles. The molecule has 2 heteroatoms. The summed E-state index contributed by atoms with van der Waals surface area (Å²) < 4.78 is 0. The van der Waals surface area contributed by atoms with E-state index in [4.69, 9.17) is 5.73 Å². The van der Waals surface area contributed by atoms with Crippen molar-refractivity contribution in [1.29, 1.82) is 0 Å². The molecule has 1 saturated heterocycles. The Balaban J connectivity index is 2.23. The maximum absolute atomic E-state index is 5.24. The highest BCUT2D eigenvalue weighted by Crippen LogP contribution is 2.07. The number of nitrogens with two attached hydrogens (primary N) is 1. The third-order valence-corrected chi connectivity index (χ3v) is 1.69. The zero-order chi connectivity index (χ0) is 6.53. The molecule has 0 aromatic heterocycles. The van der Waals surface area contributed by atoms with Gasteiger partial charge in [0.2, 0.25) is 0 Å². The number of piperidine rings is 1. The van der Waals surface area contributed by atoms with Gasteiger partial charge in [0.05, 0.1) is 0 Å². The second-order valence-corrected chi connectivity index (χ2v) is 2.44. The molecule has 0 spiro atoms. The molecule has 52 valence electrons. The fourth-order valence-electron chi connectivity index (χ4n) is 1.19. The van der Waals surface area contributed by atoms with Crippen LogP contribution < -0.4 is 5.73 Å². The van der Waals surface area contributed by atoms with E-state index < -0.39 is 0 Å². The van der Waals surface area contributed by atoms with E-state index in [1.807, 2.05) is 6.20 Å². The maximum Gasteiger partial charge on any atom is 0.0173 e. The Kier molecular flexibility index (Phi) is 2.43. The summed E-state index contributed by atoms with van der Waals surface area (Å²) in [7, 11) is 0. The van der Waals surface area contributed by atoms with Crippen LogP contribution in [0.3, 0.4) is 0 Å². The molecule has 0 atom stereocenters. The Labute approximate surface area is 56.3 Å². The molecular formula is C7H14N2. The van der Waals surface area contributed by atoms with Crippen molar-refractivity contribution in [2.24, 2.45) is 5.73 Å². The molecule has 1 rings (SSSR count). The summed E-state index contributed by atoms with van der Waals surface area (Å²) in [5, 5.41) is 0. The van der Waals surface area contributed by atoms with E-state index in [9.17, 15) is 0 Å². The van der Waals surface area contributed by atoms with E-state index in [2.05, 4.69) is 4.90 Å². The van der Waals surface area contributed by atoms with E-state index in [0.717, 1.165) is 0 Å². The molecule has 0 radical (unpaired) electrons. The van der Waals surface area contributed by atoms with Gasteiger partial charge in [-0.05, 0) is 19.3 Å². The van der Waals surface area contributed by atoms with E-state index in [1.54, 1.807) is 6.20 Å². The Bertz CT molecular complexity index is 93.1. The van der Waals surface area contributed by atoms with Crippen molar-refractivity contribution in [1.82, 2.24) is 4.90 Å². The lowest BCUT2D eigenvalue weighted by molar-refractivity contribution is 0.309. The molecule has 0 amide bonds. The molecule has 1 fully saturated rings. The first-order chi connectivity index (χ1) is 4.43. The van der Waals surface area contributed by atoms with Crippen LogP contribution in [-0.4, -0.2) is 18.0 Å². The Morgan fingerprint density at radius 1 is 1.11 bits per heavy atom. The molecular weight excluding hydrogens is 112 g/mol. The van der Waals surface area contributed by atoms with Crippen molar-refractivity contribution in [2.75, 3.05) is 13.1 Å². The average Bonchev–Trinajstić information content (AvgIpc) is 1.91. The van der Waals surface area contributed by atoms with E-state index in [-0.39, 0.29) is 0 Å². The Morgan fingerprint density at radius 3 is 2.33 bits per heavy atom. The maximum atomic E-state index is 5.24. The van der Waals surface area contributed by atoms with Crippen LogP contribution in [0.5, 0.6) is 0 Å². The van der Waals surface area contributed by atoms with Crippen LogP contribution >= 0.6 is 0 Å². The number of hydrogen-bond acceptors (Lipinski definition) is 2. The molecule has 9 heavy (non-hydrogen) atoms. The summed E-state index contributed by atoms with van der Waals surface area (Å²) in [6, 6.07) is 0. The van der Waals surface area contributed by atoms with Gasteiger partial charge < -0.3 is 10.6 Å². The molecule has 1 heterocycles. The minimum absolute atomic E-state index is 1.19. The largest absolute Gasteiger partial charge is 0.403 e. The minimum atomic E-state index is 1.19. The fourth-order valence-corrected chi connectivity index (χ4v) is 1.19. The van der Waals surface area contributed by atoms with E-state index in [0.29, 0.717) is 0 Å². The van der Waals surface area contributed by atoms with Crippen molar-refractivity contribution < 1.29 is 0 Å². The van der Waals surface area contributed by atoms with Gasteiger partial charge in [-0.25, -0.2) is 0 Å². The van der Waals surface area contributed by atoms with Gasteiger partial charge >= 0.3 is 0 Å². The Hall–Kier alpha value is -0.660. The molecule has 1 aliphatic rings. The highest BCUT2D eigenvalue weighted by molar-refractivity contribution is 4.79. The third kappa shape index (κ3) is 1.96. The zero-order valence-electron chi connectivity index (χ0n) is 5.71. The summed E-state index contributed by atoms with van der Waals surface area (Å²) in [5.74, 6) is 0. The molecule has 0 bridgehead atoms. The van der Waals surface area contributed by atoms with Crippen LogP contribution in [0.15, 0.2) is 12.4 Å². The quantitative estimate of drug-likeness (QED) is 0.565. The smallest absolute Gasteiger partial charge is 0.0173 e. The lowest BCUT2D eigenvalue weighted by Gasteiger charge is -2.24. The van der Waals surface area contributed by atoms with Crippen molar-refractivity contribution in [3.63, 3.8) is 0 Å². The van der Waals surface area contributed by atoms with Gasteiger partial charge in [-0.1, -0.05) is 0 Å². The van der Waals surface area contributed by atoms with Crippen molar-refractivity contribution in [3.8, 4) is 0 Å². The van der Waals surface area contributed by atoms with Crippen LogP contribution in [0.4, 0.5) is 0 Å². The van der Waals surface area contributed by atoms with Crippen LogP contribution in [0, 0.1) is 0 Å². The van der Waals surface area contributed by atoms with Gasteiger partial charge in [0.15, 0.2) is 0 Å². The highest BCUT2D eigenvalue weighted by Gasteiger charge is 2.03. The number of likely N-dealkylation sites (tertiary alicyclic amines) is 1. The van der Waals surface area contributed by atoms with Gasteiger partial charge in [-0.15, -0.1) is 0 Å². The van der Waals surface area contributed by atoms with E-state index in [1.165, 1.54) is 32.4 Å². The van der Waals surface area contributed by atoms with Crippen molar-refractivity contribution >= 4 is 0 Å². The molecule has 0 aromatic rings. The number of hydrogen-bond donors (Lipinski definition) is 1. The van der Waals surface area contributed by atoms with E-state index >= 15 is 0 Å². The molecule has 0 unspecified atom stereocenters. The molecule has 2 nitrogen and oxygen atoms in total. The van der Waals surface area contributed by atoms with Gasteiger partial charge in [-0.3, -0.25) is 0 Å². The lowest BCUT2D eigenvalue weighted by atomic mass is 10.1. The fraction of sp³-hybridized carbons (Fsp3) is 0.714. The lowest BCUT2D eigenvalue weighted by Crippen LogP contribution is -2.24. The van der Waals surface area contributed by atoms with Crippen LogP contribution in [0.2, 0.25) is 0 Å². The number of rotatable bonds is 1. The van der Waals surface area contributed by atoms with Crippen molar-refractivity contribution in [3.05, 3.63) is 12.4 Å². The predicted octanol–water partition coefficient (Wildman–Crippen LogP) is 0.902. The van der Waals surface area contributed by atoms with Gasteiger partial charge in [0.1, 0.15) is 0 Å². The van der Waals surface area contributed by atoms with Gasteiger partial charge in [0.25, 0.3) is 0 Å². The predicted molar refractivity (Wildman–Crippen MR) is 38.8 cm³/mol. The molecule has 1 aliphatic heterocycles. The third-order valence-electron chi connectivity index (χ3n) is 1.69. The summed E-state index contributed by atoms with van der Waals surface area (Å²) in [4.78, 5) is 2.27. The second kappa shape index (κ2) is 3.38. The van der Waals surface area contributed by atoms with Crippen LogP contribution in [0.1, 0.15) is 19.3 Å². The SMILES string of the molecule is NC=CN1CCCCC1. The topological polar surface area (TPSA) is 29.3 Å². The first kappa shape index (κ1) is 6.46. The van der Waals surface area contributed by atoms with Gasteiger partial charge in [0, 0.05) is 25.5 Å².